The first-order chi connectivity index (χ1) is 14.4. The molecule has 5 rings (SSSR count). The lowest BCUT2D eigenvalue weighted by Gasteiger charge is -2.35. The monoisotopic (exact) mass is 451 g/mol. The Bertz CT molecular complexity index is 946. The third-order valence-electron chi connectivity index (χ3n) is 6.97. The van der Waals surface area contributed by atoms with E-state index in [9.17, 15) is 13.2 Å². The van der Waals surface area contributed by atoms with Crippen LogP contribution in [-0.4, -0.2) is 78.2 Å². The van der Waals surface area contributed by atoms with Crippen molar-refractivity contribution >= 4 is 33.3 Å². The summed E-state index contributed by atoms with van der Waals surface area (Å²) in [6.07, 6.45) is 6.44. The minimum absolute atomic E-state index is 0.0283. The van der Waals surface area contributed by atoms with E-state index in [1.54, 1.807) is 6.07 Å². The molecule has 1 amide bonds. The summed E-state index contributed by atoms with van der Waals surface area (Å²) in [4.78, 5) is 17.3. The van der Waals surface area contributed by atoms with Gasteiger partial charge in [-0.15, -0.1) is 10.2 Å². The van der Waals surface area contributed by atoms with Crippen LogP contribution in [-0.2, 0) is 14.8 Å². The molecule has 1 aromatic rings. The quantitative estimate of drug-likeness (QED) is 0.477. The average Bonchev–Trinajstić information content (AvgIpc) is 3.41. The molecule has 4 unspecified atom stereocenters. The van der Waals surface area contributed by atoms with Crippen molar-refractivity contribution in [1.29, 1.82) is 0 Å². The molecule has 0 radical (unpaired) electrons. The lowest BCUT2D eigenvalue weighted by Crippen LogP contribution is -2.47. The second kappa shape index (κ2) is 7.76. The van der Waals surface area contributed by atoms with Gasteiger partial charge < -0.3 is 4.90 Å². The maximum atomic E-state index is 12.9. The van der Waals surface area contributed by atoms with Crippen molar-refractivity contribution in [1.82, 2.24) is 19.4 Å². The molecule has 1 aromatic heterocycles. The van der Waals surface area contributed by atoms with E-state index < -0.39 is 15.3 Å². The number of anilines is 1. The molecule has 0 spiro atoms. The molecule has 2 aliphatic heterocycles. The maximum Gasteiger partial charge on any atom is 0.241 e. The van der Waals surface area contributed by atoms with Crippen LogP contribution in [0.15, 0.2) is 24.3 Å². The van der Waals surface area contributed by atoms with Crippen molar-refractivity contribution in [3.05, 3.63) is 29.4 Å². The van der Waals surface area contributed by atoms with Crippen molar-refractivity contribution in [2.45, 2.75) is 24.5 Å². The Morgan fingerprint density at radius 3 is 2.43 bits per heavy atom. The molecule has 2 bridgehead atoms. The number of halogens is 1. The third-order valence-corrected chi connectivity index (χ3v) is 9.48. The number of hydrogen-bond donors (Lipinski definition) is 0. The molecule has 4 aliphatic rings. The number of allylic oxidation sites excluding steroid dienone is 2. The van der Waals surface area contributed by atoms with Crippen LogP contribution < -0.4 is 4.90 Å². The molecule has 0 N–H and O–H groups in total. The fraction of sp³-hybridized carbons (Fsp3) is 0.650. The lowest BCUT2D eigenvalue weighted by molar-refractivity contribution is -0.129. The van der Waals surface area contributed by atoms with Gasteiger partial charge in [-0.2, -0.15) is 0 Å². The Kier molecular flexibility index (Phi) is 5.23. The second-order valence-corrected chi connectivity index (χ2v) is 11.0. The van der Waals surface area contributed by atoms with Crippen LogP contribution in [0.1, 0.15) is 19.3 Å². The van der Waals surface area contributed by atoms with Gasteiger partial charge in [-0.25, -0.2) is 12.7 Å². The smallest absolute Gasteiger partial charge is 0.241 e. The minimum Gasteiger partial charge on any atom is -0.353 e. The minimum atomic E-state index is -3.50. The summed E-state index contributed by atoms with van der Waals surface area (Å²) in [5.74, 6) is 0.476. The van der Waals surface area contributed by atoms with E-state index in [1.165, 1.54) is 4.31 Å². The van der Waals surface area contributed by atoms with E-state index in [-0.39, 0.29) is 23.7 Å². The number of unbranched alkanes of at least 4 members (excludes halogenated alkanes) is 1. The molecular weight excluding hydrogens is 426 g/mol. The van der Waals surface area contributed by atoms with Crippen LogP contribution in [0.2, 0.25) is 5.15 Å². The molecule has 2 aliphatic carbocycles. The van der Waals surface area contributed by atoms with Crippen LogP contribution in [0, 0.1) is 17.8 Å². The number of sulfonamides is 1. The first kappa shape index (κ1) is 20.2. The normalized spacial score (nSPS) is 32.2. The number of aromatic nitrogens is 2. The zero-order valence-corrected chi connectivity index (χ0v) is 18.3. The van der Waals surface area contributed by atoms with Crippen molar-refractivity contribution in [2.75, 3.05) is 44.2 Å². The third kappa shape index (κ3) is 3.40. The molecule has 0 aromatic carbocycles. The van der Waals surface area contributed by atoms with Crippen molar-refractivity contribution < 1.29 is 13.2 Å². The molecule has 3 fully saturated rings. The highest BCUT2D eigenvalue weighted by Gasteiger charge is 2.62. The van der Waals surface area contributed by atoms with E-state index in [4.69, 9.17) is 11.6 Å². The van der Waals surface area contributed by atoms with Gasteiger partial charge in [0.1, 0.15) is 0 Å². The maximum absolute atomic E-state index is 12.9. The van der Waals surface area contributed by atoms with Crippen LogP contribution in [0.5, 0.6) is 0 Å². The molecule has 1 saturated carbocycles. The summed E-state index contributed by atoms with van der Waals surface area (Å²) >= 11 is 5.80. The van der Waals surface area contributed by atoms with Gasteiger partial charge in [-0.05, 0) is 49.8 Å². The summed E-state index contributed by atoms with van der Waals surface area (Å²) < 4.78 is 27.0. The number of hydrogen-bond acceptors (Lipinski definition) is 7. The van der Waals surface area contributed by atoms with Gasteiger partial charge >= 0.3 is 0 Å². The summed E-state index contributed by atoms with van der Waals surface area (Å²) in [6, 6.07) is 3.63. The van der Waals surface area contributed by atoms with Gasteiger partial charge in [0.05, 0.1) is 11.2 Å². The topological polar surface area (TPSA) is 86.7 Å². The molecular formula is C20H26ClN5O3S. The highest BCUT2D eigenvalue weighted by atomic mass is 35.5. The van der Waals surface area contributed by atoms with Gasteiger partial charge in [0.15, 0.2) is 11.0 Å². The molecule has 10 heteroatoms. The molecule has 30 heavy (non-hydrogen) atoms. The highest BCUT2D eigenvalue weighted by molar-refractivity contribution is 7.90. The molecule has 8 nitrogen and oxygen atoms in total. The first-order valence-electron chi connectivity index (χ1n) is 10.7. The van der Waals surface area contributed by atoms with E-state index in [0.29, 0.717) is 18.1 Å². The Balaban J connectivity index is 1.08. The van der Waals surface area contributed by atoms with Crippen molar-refractivity contribution in [3.8, 4) is 0 Å². The largest absolute Gasteiger partial charge is 0.353 e. The van der Waals surface area contributed by atoms with Gasteiger partial charge in [-0.1, -0.05) is 23.8 Å². The van der Waals surface area contributed by atoms with Crippen molar-refractivity contribution in [3.63, 3.8) is 0 Å². The predicted molar refractivity (Wildman–Crippen MR) is 114 cm³/mol. The fourth-order valence-electron chi connectivity index (χ4n) is 5.45. The predicted octanol–water partition coefficient (Wildman–Crippen LogP) is 1.39. The number of nitrogens with zero attached hydrogens (tertiary/aromatic N) is 5. The summed E-state index contributed by atoms with van der Waals surface area (Å²) in [5.41, 5.74) is 0. The molecule has 2 saturated heterocycles. The van der Waals surface area contributed by atoms with Gasteiger partial charge in [0.25, 0.3) is 0 Å². The van der Waals surface area contributed by atoms with Gasteiger partial charge in [-0.3, -0.25) is 9.69 Å². The number of fused-ring (bicyclic) bond motifs is 5. The number of carbonyl (C=O) groups is 1. The Morgan fingerprint density at radius 1 is 1.00 bits per heavy atom. The van der Waals surface area contributed by atoms with Gasteiger partial charge in [0.2, 0.25) is 15.9 Å². The zero-order valence-electron chi connectivity index (χ0n) is 16.7. The lowest BCUT2D eigenvalue weighted by atomic mass is 9.92. The second-order valence-electron chi connectivity index (χ2n) is 8.64. The summed E-state index contributed by atoms with van der Waals surface area (Å²) in [7, 11) is -3.50. The van der Waals surface area contributed by atoms with Crippen LogP contribution in [0.4, 0.5) is 5.82 Å². The average molecular weight is 452 g/mol. The van der Waals surface area contributed by atoms with E-state index in [0.717, 1.165) is 51.4 Å². The number of piperazine rings is 1. The highest BCUT2D eigenvalue weighted by Crippen LogP contribution is 2.52. The van der Waals surface area contributed by atoms with Crippen LogP contribution in [0.25, 0.3) is 0 Å². The SMILES string of the molecule is O=C1C2C3C=CC(C3)C2S(=O)(=O)N1CCCCN1CCN(c2ccc(Cl)nn2)CC1. The Labute approximate surface area is 181 Å². The van der Waals surface area contributed by atoms with E-state index >= 15 is 0 Å². The number of carbonyl (C=O) groups excluding carboxylic acids is 1. The Hall–Kier alpha value is -1.71. The standard InChI is InChI=1S/C20H26ClN5O3S/c21-16-5-6-17(23-22-16)25-11-9-24(10-12-25)7-1-2-8-26-20(27)18-14-3-4-15(13-14)19(18)30(26,28)29/h3-6,14-15,18-19H,1-2,7-13H2. The fourth-order valence-corrected chi connectivity index (χ4v) is 7.93. The zero-order chi connectivity index (χ0) is 20.9. The van der Waals surface area contributed by atoms with Gasteiger partial charge in [0, 0.05) is 32.7 Å². The summed E-state index contributed by atoms with van der Waals surface area (Å²) in [6.45, 7) is 4.80. The van der Waals surface area contributed by atoms with E-state index in [2.05, 4.69) is 20.0 Å². The number of amides is 1. The van der Waals surface area contributed by atoms with Crippen molar-refractivity contribution in [2.24, 2.45) is 17.8 Å². The van der Waals surface area contributed by atoms with E-state index in [1.807, 2.05) is 18.2 Å². The molecule has 162 valence electrons. The molecule has 3 heterocycles. The molecule has 4 atom stereocenters. The summed E-state index contributed by atoms with van der Waals surface area (Å²) in [5, 5.41) is 7.91. The van der Waals surface area contributed by atoms with Crippen LogP contribution >= 0.6 is 11.6 Å². The number of rotatable bonds is 6. The first-order valence-corrected chi connectivity index (χ1v) is 12.5. The Morgan fingerprint density at radius 2 is 1.73 bits per heavy atom. The van der Waals surface area contributed by atoms with Crippen LogP contribution in [0.3, 0.4) is 0 Å².